The summed E-state index contributed by atoms with van der Waals surface area (Å²) in [7, 11) is -3.37. The molecule has 1 fully saturated rings. The third kappa shape index (κ3) is 6.17. The molecule has 1 aliphatic heterocycles. The number of nitrogens with two attached hydrogens (primary N) is 2. The lowest BCUT2D eigenvalue weighted by Crippen LogP contribution is -2.61. The molecule has 12 heteroatoms. The van der Waals surface area contributed by atoms with Crippen LogP contribution in [0.15, 0.2) is 16.6 Å². The first-order valence-corrected chi connectivity index (χ1v) is 10.9. The number of nitrogens with one attached hydrogen (secondary N) is 2. The Morgan fingerprint density at radius 1 is 1.36 bits per heavy atom. The van der Waals surface area contributed by atoms with Crippen molar-refractivity contribution in [1.82, 2.24) is 14.9 Å². The maximum atomic E-state index is 11.8. The average Bonchev–Trinajstić information content (AvgIpc) is 2.53. The summed E-state index contributed by atoms with van der Waals surface area (Å²) in [6.07, 6.45) is 4.18. The zero-order chi connectivity index (χ0) is 21.1. The van der Waals surface area contributed by atoms with E-state index in [0.717, 1.165) is 12.7 Å². The van der Waals surface area contributed by atoms with Gasteiger partial charge in [0.25, 0.3) is 0 Å². The molecule has 0 saturated carbocycles. The highest BCUT2D eigenvalue weighted by molar-refractivity contribution is 7.88. The summed E-state index contributed by atoms with van der Waals surface area (Å²) in [6, 6.07) is -1.97. The Morgan fingerprint density at radius 2 is 2.04 bits per heavy atom. The number of hydrogen-bond acceptors (Lipinski definition) is 6. The van der Waals surface area contributed by atoms with Gasteiger partial charge >= 0.3 is 5.97 Å². The predicted octanol–water partition coefficient (Wildman–Crippen LogP) is -2.07. The summed E-state index contributed by atoms with van der Waals surface area (Å²) < 4.78 is 25.8. The maximum absolute atomic E-state index is 11.8. The minimum absolute atomic E-state index is 0.0769. The number of amides is 1. The van der Waals surface area contributed by atoms with Crippen LogP contribution in [-0.2, 0) is 19.6 Å². The van der Waals surface area contributed by atoms with Crippen LogP contribution in [0.2, 0.25) is 0 Å². The number of carbonyl (C=O) groups is 2. The van der Waals surface area contributed by atoms with E-state index in [2.05, 4.69) is 15.0 Å². The van der Waals surface area contributed by atoms with Gasteiger partial charge in [-0.2, -0.15) is 0 Å². The Balaban J connectivity index is 2.36. The predicted molar refractivity (Wildman–Crippen MR) is 104 cm³/mol. The van der Waals surface area contributed by atoms with Crippen LogP contribution in [0.4, 0.5) is 0 Å². The summed E-state index contributed by atoms with van der Waals surface area (Å²) in [5.41, 5.74) is 11.2. The molecular weight excluding hydrogens is 388 g/mol. The zero-order valence-corrected chi connectivity index (χ0v) is 16.8. The van der Waals surface area contributed by atoms with Gasteiger partial charge in [-0.05, 0) is 19.4 Å². The normalized spacial score (nSPS) is 28.9. The molecule has 4 atom stereocenters. The van der Waals surface area contributed by atoms with Crippen molar-refractivity contribution in [2.24, 2.45) is 16.5 Å². The molecule has 0 aromatic rings. The van der Waals surface area contributed by atoms with Gasteiger partial charge in [-0.25, -0.2) is 22.9 Å². The van der Waals surface area contributed by atoms with Gasteiger partial charge < -0.3 is 21.9 Å². The number of rotatable bonds is 6. The zero-order valence-electron chi connectivity index (χ0n) is 16.0. The van der Waals surface area contributed by atoms with E-state index in [9.17, 15) is 23.1 Å². The minimum atomic E-state index is -3.37. The van der Waals surface area contributed by atoms with Crippen molar-refractivity contribution in [3.8, 4) is 0 Å². The summed E-state index contributed by atoms with van der Waals surface area (Å²) >= 11 is 0. The van der Waals surface area contributed by atoms with Gasteiger partial charge in [0.1, 0.15) is 0 Å². The van der Waals surface area contributed by atoms with Gasteiger partial charge in [-0.3, -0.25) is 9.69 Å². The maximum Gasteiger partial charge on any atom is 0.331 e. The van der Waals surface area contributed by atoms with Crippen LogP contribution < -0.4 is 21.5 Å². The number of piperidine rings is 1. The highest BCUT2D eigenvalue weighted by Crippen LogP contribution is 2.28. The first-order chi connectivity index (χ1) is 13.0. The summed E-state index contributed by atoms with van der Waals surface area (Å²) in [4.78, 5) is 29.5. The van der Waals surface area contributed by atoms with E-state index in [1.54, 1.807) is 6.08 Å². The fraction of sp³-hybridized carbons (Fsp3) is 0.688. The summed E-state index contributed by atoms with van der Waals surface area (Å²) in [5.74, 6) is -1.56. The standard InChI is InChI=1S/C16H28N6O5S/c1-9(23)19-14-12(20-16(17)18)6-10(15(24)25)7-13(14)22-5-3-4-11(8-22)21-28(2,26)27/h7,11-14,21H,3-6,8H2,1-2H3,(H,19,23)(H,24,25)(H4,17,18,20)/t11-,12-,13+,14+/m0/s1. The van der Waals surface area contributed by atoms with Crippen molar-refractivity contribution in [2.75, 3.05) is 19.3 Å². The number of likely N-dealkylation sites (tertiary alicyclic amines) is 1. The van der Waals surface area contributed by atoms with Gasteiger partial charge in [0.05, 0.1) is 24.4 Å². The average molecular weight is 417 g/mol. The van der Waals surface area contributed by atoms with E-state index >= 15 is 0 Å². The number of aliphatic carboxylic acids is 1. The topological polar surface area (TPSA) is 180 Å². The molecule has 0 unspecified atom stereocenters. The Morgan fingerprint density at radius 3 is 2.57 bits per heavy atom. The second kappa shape index (κ2) is 8.88. The molecule has 0 bridgehead atoms. The van der Waals surface area contributed by atoms with Gasteiger partial charge in [0.15, 0.2) is 5.96 Å². The van der Waals surface area contributed by atoms with Gasteiger partial charge in [0.2, 0.25) is 15.9 Å². The van der Waals surface area contributed by atoms with Crippen LogP contribution in [0.1, 0.15) is 26.2 Å². The summed E-state index contributed by atoms with van der Waals surface area (Å²) in [6.45, 7) is 2.37. The largest absolute Gasteiger partial charge is 0.478 e. The van der Waals surface area contributed by atoms with Crippen LogP contribution in [0, 0.1) is 0 Å². The van der Waals surface area contributed by atoms with Gasteiger partial charge in [-0.1, -0.05) is 6.08 Å². The van der Waals surface area contributed by atoms with E-state index in [1.807, 2.05) is 4.90 Å². The first kappa shape index (κ1) is 22.1. The molecule has 1 heterocycles. The van der Waals surface area contributed by atoms with Crippen molar-refractivity contribution in [2.45, 2.75) is 50.4 Å². The second-order valence-corrected chi connectivity index (χ2v) is 9.04. The number of carboxylic acids is 1. The van der Waals surface area contributed by atoms with E-state index < -0.39 is 34.1 Å². The first-order valence-electron chi connectivity index (χ1n) is 8.97. The van der Waals surface area contributed by atoms with Crippen LogP contribution in [0.5, 0.6) is 0 Å². The molecule has 2 aliphatic rings. The molecule has 158 valence electrons. The fourth-order valence-electron chi connectivity index (χ4n) is 3.86. The molecular formula is C16H28N6O5S. The van der Waals surface area contributed by atoms with E-state index in [0.29, 0.717) is 19.5 Å². The number of guanidine groups is 1. The van der Waals surface area contributed by atoms with Crippen molar-refractivity contribution in [3.63, 3.8) is 0 Å². The van der Waals surface area contributed by atoms with E-state index in [4.69, 9.17) is 11.5 Å². The smallest absolute Gasteiger partial charge is 0.331 e. The molecule has 11 nitrogen and oxygen atoms in total. The number of carbonyl (C=O) groups excluding carboxylic acids is 1. The van der Waals surface area contributed by atoms with Crippen LogP contribution in [0.25, 0.3) is 0 Å². The number of sulfonamides is 1. The molecule has 0 radical (unpaired) electrons. The highest BCUT2D eigenvalue weighted by Gasteiger charge is 2.40. The Labute approximate surface area is 164 Å². The molecule has 1 aliphatic carbocycles. The molecule has 0 aromatic carbocycles. The third-order valence-electron chi connectivity index (χ3n) is 4.80. The lowest BCUT2D eigenvalue weighted by molar-refractivity contribution is -0.133. The second-order valence-electron chi connectivity index (χ2n) is 7.26. The lowest BCUT2D eigenvalue weighted by Gasteiger charge is -2.44. The monoisotopic (exact) mass is 416 g/mol. The Bertz CT molecular complexity index is 776. The quantitative estimate of drug-likeness (QED) is 0.242. The van der Waals surface area contributed by atoms with E-state index in [-0.39, 0.29) is 29.9 Å². The van der Waals surface area contributed by atoms with Crippen LogP contribution in [-0.4, -0.2) is 79.8 Å². The molecule has 2 rings (SSSR count). The van der Waals surface area contributed by atoms with Crippen molar-refractivity contribution >= 4 is 27.9 Å². The van der Waals surface area contributed by atoms with Gasteiger partial charge in [-0.15, -0.1) is 0 Å². The highest BCUT2D eigenvalue weighted by atomic mass is 32.2. The molecule has 7 N–H and O–H groups in total. The number of hydrogen-bond donors (Lipinski definition) is 5. The lowest BCUT2D eigenvalue weighted by atomic mass is 9.84. The number of aliphatic imine (C=N–C) groups is 1. The number of nitrogens with zero attached hydrogens (tertiary/aromatic N) is 2. The van der Waals surface area contributed by atoms with Crippen LogP contribution in [0.3, 0.4) is 0 Å². The van der Waals surface area contributed by atoms with Crippen molar-refractivity contribution in [1.29, 1.82) is 0 Å². The van der Waals surface area contributed by atoms with Crippen molar-refractivity contribution < 1.29 is 23.1 Å². The molecule has 1 saturated heterocycles. The fourth-order valence-corrected chi connectivity index (χ4v) is 4.66. The SMILES string of the molecule is CC(=O)N[C@@H]1[C@@H](N=C(N)N)CC(C(=O)O)=C[C@H]1N1CCC[C@H](NS(C)(=O)=O)C1. The molecule has 1 amide bonds. The minimum Gasteiger partial charge on any atom is -0.478 e. The third-order valence-corrected chi connectivity index (χ3v) is 5.56. The molecule has 0 aromatic heterocycles. The molecule has 28 heavy (non-hydrogen) atoms. The Kier molecular flexibility index (Phi) is 7.01. The number of carboxylic acid groups (broad SMARTS) is 1. The Hall–Kier alpha value is -2.18. The van der Waals surface area contributed by atoms with Gasteiger partial charge in [0, 0.05) is 31.5 Å². The van der Waals surface area contributed by atoms with Crippen LogP contribution >= 0.6 is 0 Å². The summed E-state index contributed by atoms with van der Waals surface area (Å²) in [5, 5.41) is 12.3. The van der Waals surface area contributed by atoms with Crippen molar-refractivity contribution in [3.05, 3.63) is 11.6 Å². The van der Waals surface area contributed by atoms with E-state index in [1.165, 1.54) is 6.92 Å². The molecule has 0 spiro atoms.